The van der Waals surface area contributed by atoms with Crippen LogP contribution in [-0.4, -0.2) is 28.7 Å². The number of amides is 1. The number of thioether (sulfide) groups is 2. The predicted octanol–water partition coefficient (Wildman–Crippen LogP) is 4.71. The number of unbranched alkanes of at least 4 members (excludes halogenated alkanes) is 1. The van der Waals surface area contributed by atoms with E-state index in [4.69, 9.17) is 23.8 Å². The lowest BCUT2D eigenvalue weighted by Gasteiger charge is -2.16. The van der Waals surface area contributed by atoms with Crippen molar-refractivity contribution in [3.05, 3.63) is 33.2 Å². The first-order valence-corrected chi connectivity index (χ1v) is 9.44. The van der Waals surface area contributed by atoms with E-state index in [1.165, 1.54) is 11.8 Å². The van der Waals surface area contributed by atoms with Crippen LogP contribution in [0.5, 0.6) is 0 Å². The first-order valence-electron chi connectivity index (χ1n) is 7.02. The number of carbonyl (C=O) groups excluding carboxylic acids is 1. The zero-order valence-electron chi connectivity index (χ0n) is 12.3. The molecule has 1 saturated heterocycles. The lowest BCUT2D eigenvalue weighted by Crippen LogP contribution is -2.29. The summed E-state index contributed by atoms with van der Waals surface area (Å²) in [5.74, 6) is 0.0247. The summed E-state index contributed by atoms with van der Waals surface area (Å²) in [4.78, 5) is 18.2. The average Bonchev–Trinajstić information content (AvgIpc) is 2.95. The molecule has 0 aromatic heterocycles. The van der Waals surface area contributed by atoms with E-state index in [-0.39, 0.29) is 5.91 Å². The van der Waals surface area contributed by atoms with Gasteiger partial charge in [0.25, 0.3) is 5.91 Å². The van der Waals surface area contributed by atoms with Crippen molar-refractivity contribution in [2.45, 2.75) is 24.7 Å². The van der Waals surface area contributed by atoms with Crippen LogP contribution in [0, 0.1) is 0 Å². The Labute approximate surface area is 149 Å². The second-order valence-electron chi connectivity index (χ2n) is 5.09. The second-order valence-corrected chi connectivity index (χ2v) is 8.20. The molecule has 0 N–H and O–H groups in total. The van der Waals surface area contributed by atoms with E-state index in [0.717, 1.165) is 33.4 Å². The fourth-order valence-electron chi connectivity index (χ4n) is 2.36. The van der Waals surface area contributed by atoms with Crippen molar-refractivity contribution in [2.75, 3.05) is 18.5 Å². The molecule has 1 aromatic rings. The Morgan fingerprint density at radius 2 is 2.09 bits per heavy atom. The van der Waals surface area contributed by atoms with Crippen molar-refractivity contribution in [2.24, 2.45) is 0 Å². The Hall–Kier alpha value is -0.690. The molecule has 0 bridgehead atoms. The summed E-state index contributed by atoms with van der Waals surface area (Å²) in [6, 6.07) is 5.79. The van der Waals surface area contributed by atoms with Crippen molar-refractivity contribution in [3.63, 3.8) is 0 Å². The van der Waals surface area contributed by atoms with E-state index >= 15 is 0 Å². The number of rotatable bonds is 3. The average molecular weight is 371 g/mol. The lowest BCUT2D eigenvalue weighted by molar-refractivity contribution is -0.122. The molecular weight excluding hydrogens is 356 g/mol. The van der Waals surface area contributed by atoms with Crippen LogP contribution in [0.2, 0.25) is 5.02 Å². The van der Waals surface area contributed by atoms with E-state index in [1.807, 2.05) is 30.1 Å². The number of thiocarbonyl (C=S) groups is 1. The minimum absolute atomic E-state index is 0.0247. The zero-order valence-corrected chi connectivity index (χ0v) is 15.5. The third kappa shape index (κ3) is 2.77. The van der Waals surface area contributed by atoms with E-state index in [1.54, 1.807) is 16.7 Å². The Balaban J connectivity index is 1.92. The largest absolute Gasteiger partial charge is 0.337 e. The molecule has 3 rings (SSSR count). The highest BCUT2D eigenvalue weighted by molar-refractivity contribution is 8.27. The number of fused-ring (bicyclic) bond motifs is 1. The van der Waals surface area contributed by atoms with Crippen molar-refractivity contribution in [1.29, 1.82) is 0 Å². The summed E-state index contributed by atoms with van der Waals surface area (Å²) < 4.78 is 0.656. The first kappa shape index (κ1) is 16.2. The van der Waals surface area contributed by atoms with Gasteiger partial charge in [-0.05, 0) is 24.6 Å². The van der Waals surface area contributed by atoms with Gasteiger partial charge in [-0.3, -0.25) is 9.69 Å². The Kier molecular flexibility index (Phi) is 4.73. The Bertz CT molecular complexity index is 689. The molecule has 0 unspecified atom stereocenters. The highest BCUT2D eigenvalue weighted by Gasteiger charge is 2.37. The Morgan fingerprint density at radius 3 is 2.82 bits per heavy atom. The molecule has 22 heavy (non-hydrogen) atoms. The number of carbonyl (C=O) groups is 1. The molecule has 0 spiro atoms. The summed E-state index contributed by atoms with van der Waals surface area (Å²) in [5.41, 5.74) is 1.03. The molecule has 3 nitrogen and oxygen atoms in total. The van der Waals surface area contributed by atoms with Crippen molar-refractivity contribution in [3.8, 4) is 0 Å². The molecule has 7 heteroatoms. The molecule has 1 amide bonds. The predicted molar refractivity (Wildman–Crippen MR) is 99.5 cm³/mol. The van der Waals surface area contributed by atoms with Gasteiger partial charge in [-0.1, -0.05) is 60.7 Å². The molecule has 116 valence electrons. The summed E-state index contributed by atoms with van der Waals surface area (Å²) >= 11 is 14.5. The monoisotopic (exact) mass is 370 g/mol. The molecule has 1 fully saturated rings. The van der Waals surface area contributed by atoms with Crippen LogP contribution in [0.25, 0.3) is 0 Å². The SMILES string of the molecule is CCCCN1C(=O)C(=C2Sc3ccc(Cl)cc3N2C)SC1=S. The molecule has 0 aliphatic carbocycles. The molecule has 1 aromatic carbocycles. The van der Waals surface area contributed by atoms with Crippen LogP contribution in [0.4, 0.5) is 5.69 Å². The zero-order chi connectivity index (χ0) is 15.9. The highest BCUT2D eigenvalue weighted by atomic mass is 35.5. The number of hydrogen-bond donors (Lipinski definition) is 0. The van der Waals surface area contributed by atoms with Gasteiger partial charge < -0.3 is 4.90 Å². The quantitative estimate of drug-likeness (QED) is 0.566. The van der Waals surface area contributed by atoms with Gasteiger partial charge >= 0.3 is 0 Å². The molecule has 2 heterocycles. The van der Waals surface area contributed by atoms with Crippen LogP contribution in [0.15, 0.2) is 33.0 Å². The summed E-state index contributed by atoms with van der Waals surface area (Å²) in [6.45, 7) is 2.81. The summed E-state index contributed by atoms with van der Waals surface area (Å²) in [5, 5.41) is 1.64. The normalized spacial score (nSPS) is 21.0. The van der Waals surface area contributed by atoms with Crippen molar-refractivity contribution >= 4 is 63.3 Å². The number of hydrogen-bond acceptors (Lipinski definition) is 5. The van der Waals surface area contributed by atoms with Gasteiger partial charge in [-0.25, -0.2) is 0 Å². The maximum atomic E-state index is 12.7. The Morgan fingerprint density at radius 1 is 1.32 bits per heavy atom. The number of nitrogens with zero attached hydrogens (tertiary/aromatic N) is 2. The topological polar surface area (TPSA) is 23.6 Å². The number of anilines is 1. The van der Waals surface area contributed by atoms with Gasteiger partial charge in [0.2, 0.25) is 0 Å². The lowest BCUT2D eigenvalue weighted by atomic mass is 10.3. The molecule has 0 atom stereocenters. The van der Waals surface area contributed by atoms with Crippen LogP contribution < -0.4 is 4.90 Å². The molecular formula is C15H15ClN2OS3. The van der Waals surface area contributed by atoms with Gasteiger partial charge in [0, 0.05) is 23.5 Å². The maximum absolute atomic E-state index is 12.7. The third-order valence-corrected chi connectivity index (χ3v) is 6.61. The number of halogens is 1. The van der Waals surface area contributed by atoms with Gasteiger partial charge in [0.05, 0.1) is 10.7 Å². The van der Waals surface area contributed by atoms with E-state index in [2.05, 4.69) is 6.92 Å². The van der Waals surface area contributed by atoms with Crippen LogP contribution >= 0.6 is 47.3 Å². The summed E-state index contributed by atoms with van der Waals surface area (Å²) in [6.07, 6.45) is 2.01. The van der Waals surface area contributed by atoms with E-state index < -0.39 is 0 Å². The van der Waals surface area contributed by atoms with Gasteiger partial charge in [-0.15, -0.1) is 0 Å². The maximum Gasteiger partial charge on any atom is 0.268 e. The van der Waals surface area contributed by atoms with Crippen molar-refractivity contribution < 1.29 is 4.79 Å². The van der Waals surface area contributed by atoms with E-state index in [9.17, 15) is 4.79 Å². The van der Waals surface area contributed by atoms with Crippen LogP contribution in [0.1, 0.15) is 19.8 Å². The fraction of sp³-hybridized carbons (Fsp3) is 0.333. The first-order chi connectivity index (χ1) is 10.5. The highest BCUT2D eigenvalue weighted by Crippen LogP contribution is 2.50. The summed E-state index contributed by atoms with van der Waals surface area (Å²) in [7, 11) is 1.96. The van der Waals surface area contributed by atoms with Gasteiger partial charge in [0.1, 0.15) is 9.23 Å². The molecule has 0 saturated carbocycles. The molecule has 2 aliphatic heterocycles. The molecule has 2 aliphatic rings. The van der Waals surface area contributed by atoms with Crippen molar-refractivity contribution in [1.82, 2.24) is 4.90 Å². The van der Waals surface area contributed by atoms with Gasteiger partial charge in [-0.2, -0.15) is 0 Å². The second kappa shape index (κ2) is 6.43. The van der Waals surface area contributed by atoms with E-state index in [0.29, 0.717) is 15.9 Å². The third-order valence-electron chi connectivity index (χ3n) is 3.57. The number of benzene rings is 1. The minimum Gasteiger partial charge on any atom is -0.337 e. The minimum atomic E-state index is 0.0247. The van der Waals surface area contributed by atoms with Crippen LogP contribution in [-0.2, 0) is 4.79 Å². The fourth-order valence-corrected chi connectivity index (χ4v) is 5.14. The molecule has 0 radical (unpaired) electrons. The van der Waals surface area contributed by atoms with Crippen LogP contribution in [0.3, 0.4) is 0 Å². The standard InChI is InChI=1S/C15H15ClN2OS3/c1-3-4-7-18-13(19)12(22-15(18)20)14-17(2)10-8-9(16)5-6-11(10)21-14/h5-6,8H,3-4,7H2,1-2H3. The van der Waals surface area contributed by atoms with Gasteiger partial charge in [0.15, 0.2) is 0 Å². The smallest absolute Gasteiger partial charge is 0.268 e.